The van der Waals surface area contributed by atoms with E-state index in [2.05, 4.69) is 25.7 Å². The molecule has 0 unspecified atom stereocenters. The maximum atomic E-state index is 12.9. The fraction of sp³-hybridized carbons (Fsp3) is 0.200. The Labute approximate surface area is 116 Å². The van der Waals surface area contributed by atoms with Gasteiger partial charge in [0.1, 0.15) is 0 Å². The van der Waals surface area contributed by atoms with Crippen molar-refractivity contribution >= 4 is 27.7 Å². The minimum absolute atomic E-state index is 0.291. The van der Waals surface area contributed by atoms with Gasteiger partial charge in [-0.15, -0.1) is 0 Å². The average Bonchev–Trinajstić information content (AvgIpc) is 2.38. The number of hydrogen-bond donors (Lipinski definition) is 2. The molecule has 0 fully saturated rings. The van der Waals surface area contributed by atoms with Crippen LogP contribution in [0.5, 0.6) is 0 Å². The number of anilines is 1. The number of rotatable bonds is 4. The molecule has 104 valence electrons. The number of nitrogens with two attached hydrogens (primary N) is 2. The fourth-order valence-corrected chi connectivity index (χ4v) is 1.62. The van der Waals surface area contributed by atoms with Crippen LogP contribution >= 0.6 is 15.9 Å². The van der Waals surface area contributed by atoms with E-state index in [4.69, 9.17) is 11.6 Å². The van der Waals surface area contributed by atoms with Gasteiger partial charge in [-0.1, -0.05) is 0 Å². The average molecular weight is 337 g/mol. The number of alkyl halides is 2. The van der Waals surface area contributed by atoms with Crippen LogP contribution in [0.2, 0.25) is 0 Å². The molecule has 0 saturated carbocycles. The minimum atomic E-state index is -2.82. The molecule has 0 aliphatic heterocycles. The largest absolute Gasteiger partial charge is 0.464 e. The van der Waals surface area contributed by atoms with Gasteiger partial charge < -0.3 is 10.5 Å². The summed E-state index contributed by atoms with van der Waals surface area (Å²) in [5.74, 6) is 4.43. The van der Waals surface area contributed by atoms with E-state index < -0.39 is 18.0 Å². The van der Waals surface area contributed by atoms with E-state index in [1.807, 2.05) is 0 Å². The first-order chi connectivity index (χ1) is 8.92. The van der Waals surface area contributed by atoms with E-state index in [1.54, 1.807) is 0 Å². The van der Waals surface area contributed by atoms with Crippen LogP contribution in [-0.2, 0) is 9.53 Å². The number of aromatic nitrogens is 1. The van der Waals surface area contributed by atoms with Crippen LogP contribution in [-0.4, -0.2) is 18.1 Å². The van der Waals surface area contributed by atoms with Gasteiger partial charge in [0.05, 0.1) is 12.7 Å². The Balaban J connectivity index is 3.26. The van der Waals surface area contributed by atoms with Crippen molar-refractivity contribution in [3.63, 3.8) is 0 Å². The van der Waals surface area contributed by atoms with Gasteiger partial charge in [-0.3, -0.25) is 5.01 Å². The molecule has 1 heterocycles. The third kappa shape index (κ3) is 3.38. The standard InChI is InChI=1S/C10H11BrF2N4O2/c1-19-10(18)7(3-14)17(15)9-6(8(12)13)2-5(11)4-16-9/h2-4,8H,14-15H2,1H3/b7-3-. The molecule has 0 saturated heterocycles. The Bertz CT molecular complexity index is 510. The lowest BCUT2D eigenvalue weighted by molar-refractivity contribution is -0.136. The summed E-state index contributed by atoms with van der Waals surface area (Å²) in [7, 11) is 1.11. The van der Waals surface area contributed by atoms with Gasteiger partial charge in [0, 0.05) is 16.9 Å². The van der Waals surface area contributed by atoms with Crippen molar-refractivity contribution in [3.8, 4) is 0 Å². The van der Waals surface area contributed by atoms with Crippen LogP contribution < -0.4 is 16.6 Å². The number of hydrogen-bond acceptors (Lipinski definition) is 6. The molecule has 0 atom stereocenters. The van der Waals surface area contributed by atoms with Crippen LogP contribution in [0.3, 0.4) is 0 Å². The van der Waals surface area contributed by atoms with Crippen molar-refractivity contribution in [1.29, 1.82) is 0 Å². The summed E-state index contributed by atoms with van der Waals surface area (Å²) in [6.45, 7) is 0. The van der Waals surface area contributed by atoms with Gasteiger partial charge in [0.25, 0.3) is 6.43 Å². The monoisotopic (exact) mass is 336 g/mol. The highest BCUT2D eigenvalue weighted by molar-refractivity contribution is 9.10. The van der Waals surface area contributed by atoms with E-state index >= 15 is 0 Å². The number of pyridine rings is 1. The molecule has 0 amide bonds. The van der Waals surface area contributed by atoms with Crippen molar-refractivity contribution in [2.45, 2.75) is 6.43 Å². The Morgan fingerprint density at radius 3 is 2.74 bits per heavy atom. The second kappa shape index (κ2) is 6.43. The molecule has 0 aromatic carbocycles. The number of esters is 1. The van der Waals surface area contributed by atoms with Gasteiger partial charge >= 0.3 is 5.97 Å². The molecule has 0 aliphatic rings. The molecule has 0 bridgehead atoms. The molecule has 0 aliphatic carbocycles. The second-order valence-electron chi connectivity index (χ2n) is 3.28. The zero-order valence-corrected chi connectivity index (χ0v) is 11.4. The van der Waals surface area contributed by atoms with Gasteiger partial charge in [0.2, 0.25) is 0 Å². The van der Waals surface area contributed by atoms with Crippen LogP contribution in [0, 0.1) is 0 Å². The molecular formula is C10H11BrF2N4O2. The number of ether oxygens (including phenoxy) is 1. The van der Waals surface area contributed by atoms with Gasteiger partial charge in [-0.05, 0) is 22.0 Å². The minimum Gasteiger partial charge on any atom is -0.464 e. The molecule has 0 spiro atoms. The lowest BCUT2D eigenvalue weighted by Crippen LogP contribution is -2.36. The highest BCUT2D eigenvalue weighted by Gasteiger charge is 2.24. The maximum Gasteiger partial charge on any atom is 0.357 e. The molecule has 19 heavy (non-hydrogen) atoms. The van der Waals surface area contributed by atoms with E-state index in [0.717, 1.165) is 19.4 Å². The quantitative estimate of drug-likeness (QED) is 0.374. The number of carbonyl (C=O) groups excluding carboxylic acids is 1. The lowest BCUT2D eigenvalue weighted by Gasteiger charge is -2.21. The number of hydrazine groups is 1. The summed E-state index contributed by atoms with van der Waals surface area (Å²) in [6.07, 6.45) is -0.695. The number of nitrogens with zero attached hydrogens (tertiary/aromatic N) is 2. The van der Waals surface area contributed by atoms with E-state index in [1.165, 1.54) is 6.20 Å². The molecular weight excluding hydrogens is 326 g/mol. The second-order valence-corrected chi connectivity index (χ2v) is 4.20. The molecule has 1 aromatic heterocycles. The van der Waals surface area contributed by atoms with Gasteiger partial charge in [0.15, 0.2) is 11.5 Å². The SMILES string of the molecule is COC(=O)/C(=C/N)N(N)c1ncc(Br)cc1C(F)F. The summed E-state index contributed by atoms with van der Waals surface area (Å²) in [5, 5.41) is 0.653. The topological polar surface area (TPSA) is 94.5 Å². The van der Waals surface area contributed by atoms with Crippen molar-refractivity contribution in [1.82, 2.24) is 4.98 Å². The lowest BCUT2D eigenvalue weighted by atomic mass is 10.2. The smallest absolute Gasteiger partial charge is 0.357 e. The third-order valence-corrected chi connectivity index (χ3v) is 2.57. The predicted molar refractivity (Wildman–Crippen MR) is 67.8 cm³/mol. The third-order valence-electron chi connectivity index (χ3n) is 2.14. The van der Waals surface area contributed by atoms with Gasteiger partial charge in [-0.2, -0.15) is 0 Å². The first-order valence-corrected chi connectivity index (χ1v) is 5.70. The Hall–Kier alpha value is -1.74. The first-order valence-electron chi connectivity index (χ1n) is 4.91. The summed E-state index contributed by atoms with van der Waals surface area (Å²) in [5.41, 5.74) is 4.48. The zero-order valence-electron chi connectivity index (χ0n) is 9.81. The number of carbonyl (C=O) groups is 1. The first kappa shape index (κ1) is 15.3. The van der Waals surface area contributed by atoms with E-state index in [9.17, 15) is 13.6 Å². The highest BCUT2D eigenvalue weighted by atomic mass is 79.9. The molecule has 1 rings (SSSR count). The normalized spacial score (nSPS) is 11.6. The highest BCUT2D eigenvalue weighted by Crippen LogP contribution is 2.30. The fourth-order valence-electron chi connectivity index (χ4n) is 1.27. The summed E-state index contributed by atoms with van der Waals surface area (Å²) in [6, 6.07) is 1.15. The molecule has 4 N–H and O–H groups in total. The zero-order chi connectivity index (χ0) is 14.6. The van der Waals surface area contributed by atoms with E-state index in [0.29, 0.717) is 9.48 Å². The van der Waals surface area contributed by atoms with Crippen molar-refractivity contribution in [3.05, 3.63) is 34.2 Å². The van der Waals surface area contributed by atoms with E-state index in [-0.39, 0.29) is 11.5 Å². The maximum absolute atomic E-state index is 12.9. The Morgan fingerprint density at radius 1 is 1.63 bits per heavy atom. The molecule has 1 aromatic rings. The molecule has 0 radical (unpaired) electrons. The number of halogens is 3. The van der Waals surface area contributed by atoms with Crippen molar-refractivity contribution in [2.75, 3.05) is 12.1 Å². The summed E-state index contributed by atoms with van der Waals surface area (Å²) >= 11 is 3.02. The van der Waals surface area contributed by atoms with Crippen molar-refractivity contribution in [2.24, 2.45) is 11.6 Å². The number of methoxy groups -OCH3 is 1. The van der Waals surface area contributed by atoms with Crippen LogP contribution in [0.4, 0.5) is 14.6 Å². The van der Waals surface area contributed by atoms with Crippen LogP contribution in [0.15, 0.2) is 28.6 Å². The Morgan fingerprint density at radius 2 is 2.26 bits per heavy atom. The summed E-state index contributed by atoms with van der Waals surface area (Å²) < 4.78 is 30.6. The van der Waals surface area contributed by atoms with Gasteiger partial charge in [-0.25, -0.2) is 24.4 Å². The Kier molecular flexibility index (Phi) is 5.19. The van der Waals surface area contributed by atoms with Crippen LogP contribution in [0.1, 0.15) is 12.0 Å². The molecule has 9 heteroatoms. The van der Waals surface area contributed by atoms with Crippen molar-refractivity contribution < 1.29 is 18.3 Å². The summed E-state index contributed by atoms with van der Waals surface area (Å²) in [4.78, 5) is 15.1. The van der Waals surface area contributed by atoms with Crippen LogP contribution in [0.25, 0.3) is 0 Å². The molecule has 6 nitrogen and oxygen atoms in total. The predicted octanol–water partition coefficient (Wildman–Crippen LogP) is 1.43.